The molecule has 0 unspecified atom stereocenters. The van der Waals surface area contributed by atoms with E-state index in [0.717, 1.165) is 11.1 Å². The van der Waals surface area contributed by atoms with Crippen molar-refractivity contribution in [3.05, 3.63) is 41.5 Å². The van der Waals surface area contributed by atoms with Crippen molar-refractivity contribution in [2.75, 3.05) is 6.54 Å². The molecule has 3 rings (SSSR count). The number of likely N-dealkylation sites (tertiary alicyclic amines) is 1. The smallest absolute Gasteiger partial charge is 0.313 e. The van der Waals surface area contributed by atoms with Gasteiger partial charge in [0.1, 0.15) is 5.75 Å². The van der Waals surface area contributed by atoms with E-state index in [2.05, 4.69) is 0 Å². The molecular formula is C19H21NO4. The molecule has 5 heteroatoms. The minimum Gasteiger partial charge on any atom is -0.426 e. The summed E-state index contributed by atoms with van der Waals surface area (Å²) in [5.74, 6) is -0.696. The van der Waals surface area contributed by atoms with Gasteiger partial charge in [-0.05, 0) is 37.8 Å². The minimum absolute atomic E-state index is 0.0120. The zero-order valence-corrected chi connectivity index (χ0v) is 14.0. The Labute approximate surface area is 141 Å². The lowest BCUT2D eigenvalue weighted by Gasteiger charge is -2.15. The van der Waals surface area contributed by atoms with E-state index in [1.54, 1.807) is 0 Å². The third-order valence-corrected chi connectivity index (χ3v) is 4.76. The largest absolute Gasteiger partial charge is 0.426 e. The van der Waals surface area contributed by atoms with Gasteiger partial charge < -0.3 is 4.74 Å². The van der Waals surface area contributed by atoms with E-state index in [1.807, 2.05) is 44.2 Å². The van der Waals surface area contributed by atoms with Crippen LogP contribution in [0.1, 0.15) is 30.4 Å². The van der Waals surface area contributed by atoms with Crippen LogP contribution in [0.15, 0.2) is 30.4 Å². The number of carbonyl (C=O) groups excluding carboxylic acids is 3. The molecule has 0 saturated carbocycles. The van der Waals surface area contributed by atoms with Crippen LogP contribution in [0.4, 0.5) is 0 Å². The first-order chi connectivity index (χ1) is 11.5. The second-order valence-electron chi connectivity index (χ2n) is 6.43. The van der Waals surface area contributed by atoms with Crippen LogP contribution in [-0.4, -0.2) is 29.2 Å². The Bertz CT molecular complexity index is 676. The highest BCUT2D eigenvalue weighted by atomic mass is 16.5. The summed E-state index contributed by atoms with van der Waals surface area (Å²) in [5, 5.41) is 0. The number of allylic oxidation sites excluding steroid dienone is 2. The number of para-hydroxylation sites is 1. The molecule has 0 N–H and O–H groups in total. The number of carbonyl (C=O) groups is 3. The lowest BCUT2D eigenvalue weighted by Crippen LogP contribution is -2.33. The summed E-state index contributed by atoms with van der Waals surface area (Å²) in [6, 6.07) is 5.65. The van der Waals surface area contributed by atoms with Gasteiger partial charge in [-0.1, -0.05) is 30.4 Å². The normalized spacial score (nSPS) is 22.7. The van der Waals surface area contributed by atoms with Crippen LogP contribution >= 0.6 is 0 Å². The molecule has 1 aliphatic heterocycles. The quantitative estimate of drug-likeness (QED) is 0.369. The number of hydrogen-bond donors (Lipinski definition) is 0. The Hall–Kier alpha value is -2.43. The third-order valence-electron chi connectivity index (χ3n) is 4.76. The molecule has 1 fully saturated rings. The summed E-state index contributed by atoms with van der Waals surface area (Å²) in [5.41, 5.74) is 1.77. The lowest BCUT2D eigenvalue weighted by atomic mass is 9.85. The predicted octanol–water partition coefficient (Wildman–Crippen LogP) is 2.55. The van der Waals surface area contributed by atoms with Gasteiger partial charge in [0.2, 0.25) is 11.8 Å². The summed E-state index contributed by atoms with van der Waals surface area (Å²) < 4.78 is 5.42. The van der Waals surface area contributed by atoms with Gasteiger partial charge in [0.25, 0.3) is 0 Å². The highest BCUT2D eigenvalue weighted by molar-refractivity contribution is 6.05. The molecule has 0 bridgehead atoms. The Morgan fingerprint density at radius 1 is 1.08 bits per heavy atom. The highest BCUT2D eigenvalue weighted by Gasteiger charge is 2.46. The second-order valence-corrected chi connectivity index (χ2v) is 6.43. The van der Waals surface area contributed by atoms with Crippen molar-refractivity contribution in [3.8, 4) is 5.75 Å². The topological polar surface area (TPSA) is 63.7 Å². The Kier molecular flexibility index (Phi) is 4.51. The number of nitrogens with zero attached hydrogens (tertiary/aromatic N) is 1. The molecule has 126 valence electrons. The number of benzene rings is 1. The third kappa shape index (κ3) is 2.98. The van der Waals surface area contributed by atoms with Crippen molar-refractivity contribution in [2.45, 2.75) is 33.1 Å². The zero-order valence-electron chi connectivity index (χ0n) is 14.0. The van der Waals surface area contributed by atoms with E-state index in [4.69, 9.17) is 4.74 Å². The van der Waals surface area contributed by atoms with Crippen molar-refractivity contribution < 1.29 is 19.1 Å². The minimum atomic E-state index is -0.430. The Morgan fingerprint density at radius 2 is 1.62 bits per heavy atom. The van der Waals surface area contributed by atoms with Gasteiger partial charge in [-0.2, -0.15) is 0 Å². The molecule has 1 saturated heterocycles. The van der Waals surface area contributed by atoms with E-state index in [0.29, 0.717) is 18.6 Å². The number of aryl methyl sites for hydroxylation is 2. The van der Waals surface area contributed by atoms with Crippen LogP contribution < -0.4 is 4.74 Å². The fourth-order valence-electron chi connectivity index (χ4n) is 3.42. The lowest BCUT2D eigenvalue weighted by molar-refractivity contribution is -0.141. The van der Waals surface area contributed by atoms with E-state index in [1.165, 1.54) is 4.90 Å². The van der Waals surface area contributed by atoms with E-state index in [-0.39, 0.29) is 36.6 Å². The first kappa shape index (κ1) is 16.4. The number of imide groups is 1. The molecule has 1 aromatic rings. The Morgan fingerprint density at radius 3 is 2.17 bits per heavy atom. The summed E-state index contributed by atoms with van der Waals surface area (Å²) in [6.07, 6.45) is 5.13. The number of amides is 2. The van der Waals surface area contributed by atoms with Crippen molar-refractivity contribution in [1.82, 2.24) is 4.90 Å². The molecule has 2 aliphatic rings. The molecule has 2 amide bonds. The molecule has 5 nitrogen and oxygen atoms in total. The van der Waals surface area contributed by atoms with Gasteiger partial charge in [0, 0.05) is 6.54 Å². The maximum Gasteiger partial charge on any atom is 0.313 e. The SMILES string of the molecule is Cc1cccc(C)c1OC(=O)CCN1C(=O)[C@@H]2CC=CC[C@H]2C1=O. The van der Waals surface area contributed by atoms with Crippen LogP contribution in [0.5, 0.6) is 5.75 Å². The van der Waals surface area contributed by atoms with Crippen LogP contribution in [0.3, 0.4) is 0 Å². The number of fused-ring (bicyclic) bond motifs is 1. The second kappa shape index (κ2) is 6.59. The number of hydrogen-bond acceptors (Lipinski definition) is 4. The van der Waals surface area contributed by atoms with E-state index in [9.17, 15) is 14.4 Å². The van der Waals surface area contributed by atoms with Crippen molar-refractivity contribution in [3.63, 3.8) is 0 Å². The highest BCUT2D eigenvalue weighted by Crippen LogP contribution is 2.35. The predicted molar refractivity (Wildman–Crippen MR) is 88.2 cm³/mol. The number of esters is 1. The first-order valence-corrected chi connectivity index (χ1v) is 8.26. The molecule has 0 radical (unpaired) electrons. The molecule has 0 spiro atoms. The molecule has 2 atom stereocenters. The summed E-state index contributed by atoms with van der Waals surface area (Å²) in [7, 11) is 0. The van der Waals surface area contributed by atoms with Crippen LogP contribution in [0.25, 0.3) is 0 Å². The van der Waals surface area contributed by atoms with Gasteiger partial charge in [0.15, 0.2) is 0 Å². The fourth-order valence-corrected chi connectivity index (χ4v) is 3.42. The van der Waals surface area contributed by atoms with Gasteiger partial charge >= 0.3 is 5.97 Å². The average Bonchev–Trinajstić information content (AvgIpc) is 2.81. The van der Waals surface area contributed by atoms with Crippen molar-refractivity contribution in [1.29, 1.82) is 0 Å². The molecular weight excluding hydrogens is 306 g/mol. The molecule has 0 aromatic heterocycles. The maximum atomic E-state index is 12.3. The number of rotatable bonds is 4. The fraction of sp³-hybridized carbons (Fsp3) is 0.421. The van der Waals surface area contributed by atoms with E-state index < -0.39 is 5.97 Å². The molecule has 1 heterocycles. The summed E-state index contributed by atoms with van der Waals surface area (Å²) >= 11 is 0. The van der Waals surface area contributed by atoms with Crippen LogP contribution in [0, 0.1) is 25.7 Å². The van der Waals surface area contributed by atoms with E-state index >= 15 is 0 Å². The van der Waals surface area contributed by atoms with Crippen molar-refractivity contribution >= 4 is 17.8 Å². The Balaban J connectivity index is 1.61. The van der Waals surface area contributed by atoms with Gasteiger partial charge in [-0.15, -0.1) is 0 Å². The monoisotopic (exact) mass is 327 g/mol. The zero-order chi connectivity index (χ0) is 17.3. The van der Waals surface area contributed by atoms with Crippen molar-refractivity contribution in [2.24, 2.45) is 11.8 Å². The maximum absolute atomic E-state index is 12.3. The van der Waals surface area contributed by atoms with Gasteiger partial charge in [-0.3, -0.25) is 19.3 Å². The van der Waals surface area contributed by atoms with Gasteiger partial charge in [0.05, 0.1) is 18.3 Å². The summed E-state index contributed by atoms with van der Waals surface area (Å²) in [6.45, 7) is 3.84. The summed E-state index contributed by atoms with van der Waals surface area (Å²) in [4.78, 5) is 38.0. The molecule has 1 aromatic carbocycles. The standard InChI is InChI=1S/C19H21NO4/c1-12-6-5-7-13(2)17(12)24-16(21)10-11-20-18(22)14-8-3-4-9-15(14)19(20)23/h3-7,14-15H,8-11H2,1-2H3/t14-,15-/m1/s1. The first-order valence-electron chi connectivity index (χ1n) is 8.26. The number of ether oxygens (including phenoxy) is 1. The molecule has 1 aliphatic carbocycles. The van der Waals surface area contributed by atoms with Crippen LogP contribution in [0.2, 0.25) is 0 Å². The average molecular weight is 327 g/mol. The van der Waals surface area contributed by atoms with Gasteiger partial charge in [-0.25, -0.2) is 0 Å². The molecule has 24 heavy (non-hydrogen) atoms. The van der Waals surface area contributed by atoms with Crippen LogP contribution in [-0.2, 0) is 14.4 Å².